The number of rotatable bonds is 2. The number of benzene rings is 3. The molecule has 3 aromatic carbocycles. The van der Waals surface area contributed by atoms with Crippen LogP contribution in [0.25, 0.3) is 0 Å². The largest absolute Gasteiger partial charge is 0.223 e. The molecule has 0 unspecified atom stereocenters. The monoisotopic (exact) mass is 356 g/mol. The molecule has 126 valence electrons. The lowest BCUT2D eigenvalue weighted by Gasteiger charge is -1.99. The normalized spacial score (nSPS) is 10.2. The molecular weight excluding hydrogens is 340 g/mol. The first kappa shape index (κ1) is 17.5. The number of hydrogen-bond acceptors (Lipinski definition) is 2. The Morgan fingerprint density at radius 3 is 1.81 bits per heavy atom. The number of sulfone groups is 1. The first-order valence-corrected chi connectivity index (χ1v) is 9.73. The first-order chi connectivity index (χ1) is 12.6. The number of hydrogen-bond donors (Lipinski definition) is 0. The Morgan fingerprint density at radius 1 is 0.615 bits per heavy atom. The van der Waals surface area contributed by atoms with Crippen LogP contribution in [0.1, 0.15) is 16.7 Å². The lowest BCUT2D eigenvalue weighted by atomic mass is 10.1. The Kier molecular flexibility index (Phi) is 5.54. The summed E-state index contributed by atoms with van der Waals surface area (Å²) in [5.74, 6) is 11.7. The third-order valence-electron chi connectivity index (χ3n) is 3.63. The van der Waals surface area contributed by atoms with E-state index >= 15 is 0 Å². The smallest absolute Gasteiger partial charge is 0.189 e. The highest BCUT2D eigenvalue weighted by Gasteiger charge is 2.11. The van der Waals surface area contributed by atoms with Gasteiger partial charge >= 0.3 is 0 Å². The standard InChI is InChI=1S/C23H16O2S/c24-26(25,23-15-5-2-6-16-23)19-9-14-21-12-7-8-13-22(21)18-17-20-10-3-1-4-11-20/h1-8,10-13,15-16H,19H2. The summed E-state index contributed by atoms with van der Waals surface area (Å²) < 4.78 is 24.6. The summed E-state index contributed by atoms with van der Waals surface area (Å²) in [6.45, 7) is 0. The van der Waals surface area contributed by atoms with E-state index in [2.05, 4.69) is 23.7 Å². The average Bonchev–Trinajstić information content (AvgIpc) is 2.69. The molecule has 3 heteroatoms. The summed E-state index contributed by atoms with van der Waals surface area (Å²) in [6.07, 6.45) is 0. The molecule has 26 heavy (non-hydrogen) atoms. The molecular formula is C23H16O2S. The molecule has 0 saturated carbocycles. The van der Waals surface area contributed by atoms with Crippen molar-refractivity contribution in [2.24, 2.45) is 0 Å². The van der Waals surface area contributed by atoms with E-state index in [0.29, 0.717) is 0 Å². The predicted molar refractivity (Wildman–Crippen MR) is 104 cm³/mol. The maximum absolute atomic E-state index is 12.3. The van der Waals surface area contributed by atoms with Crippen molar-refractivity contribution >= 4 is 9.84 Å². The molecule has 3 rings (SSSR count). The van der Waals surface area contributed by atoms with E-state index in [1.54, 1.807) is 30.3 Å². The molecule has 0 saturated heterocycles. The van der Waals surface area contributed by atoms with E-state index in [1.165, 1.54) is 0 Å². The third kappa shape index (κ3) is 4.63. The quantitative estimate of drug-likeness (QED) is 0.653. The molecule has 0 fully saturated rings. The molecule has 2 nitrogen and oxygen atoms in total. The Hall–Kier alpha value is -3.27. The van der Waals surface area contributed by atoms with E-state index < -0.39 is 9.84 Å². The van der Waals surface area contributed by atoms with Crippen molar-refractivity contribution in [2.75, 3.05) is 5.75 Å². The van der Waals surface area contributed by atoms with Gasteiger partial charge in [-0.3, -0.25) is 0 Å². The molecule has 0 aromatic heterocycles. The zero-order valence-electron chi connectivity index (χ0n) is 14.0. The SMILES string of the molecule is O=S(=O)(CC#Cc1ccccc1C#Cc1ccccc1)c1ccccc1. The Morgan fingerprint density at radius 2 is 1.15 bits per heavy atom. The lowest BCUT2D eigenvalue weighted by molar-refractivity contribution is 0.599. The molecule has 0 atom stereocenters. The fraction of sp³-hybridized carbons (Fsp3) is 0.0435. The summed E-state index contributed by atoms with van der Waals surface area (Å²) in [6, 6.07) is 25.5. The average molecular weight is 356 g/mol. The van der Waals surface area contributed by atoms with E-state index in [0.717, 1.165) is 16.7 Å². The fourth-order valence-electron chi connectivity index (χ4n) is 2.30. The maximum Gasteiger partial charge on any atom is 0.189 e. The predicted octanol–water partition coefficient (Wildman–Crippen LogP) is 3.91. The van der Waals surface area contributed by atoms with Crippen LogP contribution in [0, 0.1) is 23.7 Å². The van der Waals surface area contributed by atoms with Gasteiger partial charge in [-0.15, -0.1) is 0 Å². The van der Waals surface area contributed by atoms with E-state index in [-0.39, 0.29) is 10.6 Å². The molecule has 0 aliphatic rings. The van der Waals surface area contributed by atoms with E-state index in [4.69, 9.17) is 0 Å². The zero-order chi connectivity index (χ0) is 18.2. The second kappa shape index (κ2) is 8.21. The minimum Gasteiger partial charge on any atom is -0.223 e. The molecule has 0 spiro atoms. The van der Waals surface area contributed by atoms with Crippen molar-refractivity contribution in [1.29, 1.82) is 0 Å². The summed E-state index contributed by atoms with van der Waals surface area (Å²) in [7, 11) is -3.41. The second-order valence-electron chi connectivity index (χ2n) is 5.54. The van der Waals surface area contributed by atoms with Crippen molar-refractivity contribution in [2.45, 2.75) is 4.90 Å². The van der Waals surface area contributed by atoms with Gasteiger partial charge in [0.05, 0.1) is 4.90 Å². The van der Waals surface area contributed by atoms with E-state index in [1.807, 2.05) is 54.6 Å². The third-order valence-corrected chi connectivity index (χ3v) is 5.14. The molecule has 0 aliphatic heterocycles. The Balaban J connectivity index is 1.82. The van der Waals surface area contributed by atoms with Crippen LogP contribution in [-0.4, -0.2) is 14.2 Å². The summed E-state index contributed by atoms with van der Waals surface area (Å²) in [5.41, 5.74) is 2.42. The van der Waals surface area contributed by atoms with Crippen LogP contribution in [0.2, 0.25) is 0 Å². The molecule has 3 aromatic rings. The van der Waals surface area contributed by atoms with Crippen LogP contribution in [-0.2, 0) is 9.84 Å². The minimum absolute atomic E-state index is 0.225. The van der Waals surface area contributed by atoms with Gasteiger partial charge in [-0.1, -0.05) is 72.2 Å². The van der Waals surface area contributed by atoms with Crippen LogP contribution in [0.4, 0.5) is 0 Å². The van der Waals surface area contributed by atoms with Gasteiger partial charge in [-0.05, 0) is 36.4 Å². The van der Waals surface area contributed by atoms with Crippen LogP contribution < -0.4 is 0 Å². The van der Waals surface area contributed by atoms with Crippen LogP contribution in [0.3, 0.4) is 0 Å². The van der Waals surface area contributed by atoms with Crippen LogP contribution in [0.15, 0.2) is 89.8 Å². The topological polar surface area (TPSA) is 34.1 Å². The summed E-state index contributed by atoms with van der Waals surface area (Å²) in [5, 5.41) is 0. The highest BCUT2D eigenvalue weighted by molar-refractivity contribution is 7.91. The van der Waals surface area contributed by atoms with Gasteiger partial charge < -0.3 is 0 Å². The van der Waals surface area contributed by atoms with Crippen molar-refractivity contribution in [3.63, 3.8) is 0 Å². The van der Waals surface area contributed by atoms with Crippen molar-refractivity contribution in [3.8, 4) is 23.7 Å². The lowest BCUT2D eigenvalue weighted by Crippen LogP contribution is -2.04. The first-order valence-electron chi connectivity index (χ1n) is 8.08. The molecule has 0 heterocycles. The molecule has 0 N–H and O–H groups in total. The molecule has 0 aliphatic carbocycles. The van der Waals surface area contributed by atoms with Gasteiger partial charge in [0.2, 0.25) is 0 Å². The van der Waals surface area contributed by atoms with Gasteiger partial charge in [-0.2, -0.15) is 0 Å². The Labute approximate surface area is 154 Å². The Bertz CT molecular complexity index is 1110. The maximum atomic E-state index is 12.3. The molecule has 0 radical (unpaired) electrons. The summed E-state index contributed by atoms with van der Waals surface area (Å²) in [4.78, 5) is 0.284. The minimum atomic E-state index is -3.41. The highest BCUT2D eigenvalue weighted by Crippen LogP contribution is 2.10. The fourth-order valence-corrected chi connectivity index (χ4v) is 3.30. The van der Waals surface area contributed by atoms with E-state index in [9.17, 15) is 8.42 Å². The van der Waals surface area contributed by atoms with Crippen molar-refractivity contribution in [1.82, 2.24) is 0 Å². The molecule has 0 amide bonds. The zero-order valence-corrected chi connectivity index (χ0v) is 14.8. The van der Waals surface area contributed by atoms with Crippen molar-refractivity contribution < 1.29 is 8.42 Å². The van der Waals surface area contributed by atoms with Gasteiger partial charge in [-0.25, -0.2) is 8.42 Å². The second-order valence-corrected chi connectivity index (χ2v) is 7.53. The van der Waals surface area contributed by atoms with Gasteiger partial charge in [0, 0.05) is 16.7 Å². The highest BCUT2D eigenvalue weighted by atomic mass is 32.2. The van der Waals surface area contributed by atoms with Crippen LogP contribution in [0.5, 0.6) is 0 Å². The molecule has 0 bridgehead atoms. The van der Waals surface area contributed by atoms with Gasteiger partial charge in [0.25, 0.3) is 0 Å². The van der Waals surface area contributed by atoms with Crippen molar-refractivity contribution in [3.05, 3.63) is 102 Å². The van der Waals surface area contributed by atoms with Crippen LogP contribution >= 0.6 is 0 Å². The van der Waals surface area contributed by atoms with Gasteiger partial charge in [0.1, 0.15) is 5.75 Å². The summed E-state index contributed by atoms with van der Waals surface area (Å²) >= 11 is 0. The van der Waals surface area contributed by atoms with Gasteiger partial charge in [0.15, 0.2) is 9.84 Å².